The highest BCUT2D eigenvalue weighted by molar-refractivity contribution is 5.78. The van der Waals surface area contributed by atoms with Gasteiger partial charge in [-0.25, -0.2) is 0 Å². The van der Waals surface area contributed by atoms with E-state index in [0.29, 0.717) is 12.6 Å². The SMILES string of the molecule is CCC(C)NCC(=O)N[C@@H](C)c1ccc(OC)cc1. The second kappa shape index (κ2) is 7.79. The largest absolute Gasteiger partial charge is 0.497 e. The number of nitrogens with one attached hydrogen (secondary N) is 2. The molecule has 0 aliphatic rings. The van der Waals surface area contributed by atoms with Crippen LogP contribution >= 0.6 is 0 Å². The van der Waals surface area contributed by atoms with Crippen LogP contribution in [0.5, 0.6) is 5.75 Å². The normalized spacial score (nSPS) is 13.7. The molecule has 0 bridgehead atoms. The summed E-state index contributed by atoms with van der Waals surface area (Å²) in [7, 11) is 1.64. The zero-order valence-corrected chi connectivity index (χ0v) is 12.2. The lowest BCUT2D eigenvalue weighted by Gasteiger charge is -2.16. The fraction of sp³-hybridized carbons (Fsp3) is 0.533. The molecule has 0 fully saturated rings. The van der Waals surface area contributed by atoms with E-state index >= 15 is 0 Å². The smallest absolute Gasteiger partial charge is 0.234 e. The van der Waals surface area contributed by atoms with Gasteiger partial charge in [-0.3, -0.25) is 4.79 Å². The highest BCUT2D eigenvalue weighted by atomic mass is 16.5. The van der Waals surface area contributed by atoms with E-state index in [4.69, 9.17) is 4.74 Å². The van der Waals surface area contributed by atoms with E-state index in [1.165, 1.54) is 0 Å². The lowest BCUT2D eigenvalue weighted by Crippen LogP contribution is -2.38. The van der Waals surface area contributed by atoms with Crippen LogP contribution in [-0.2, 0) is 4.79 Å². The third-order valence-electron chi connectivity index (χ3n) is 3.22. The van der Waals surface area contributed by atoms with Gasteiger partial charge in [-0.05, 0) is 38.0 Å². The van der Waals surface area contributed by atoms with Crippen LogP contribution in [-0.4, -0.2) is 25.6 Å². The van der Waals surface area contributed by atoms with Gasteiger partial charge in [0.2, 0.25) is 5.91 Å². The third kappa shape index (κ3) is 5.30. The third-order valence-corrected chi connectivity index (χ3v) is 3.22. The Bertz CT molecular complexity index is 390. The number of methoxy groups -OCH3 is 1. The molecule has 0 spiro atoms. The highest BCUT2D eigenvalue weighted by Crippen LogP contribution is 2.16. The lowest BCUT2D eigenvalue weighted by molar-refractivity contribution is -0.121. The summed E-state index contributed by atoms with van der Waals surface area (Å²) in [5, 5.41) is 6.15. The van der Waals surface area contributed by atoms with Gasteiger partial charge < -0.3 is 15.4 Å². The number of carbonyl (C=O) groups is 1. The average Bonchev–Trinajstić information content (AvgIpc) is 2.44. The van der Waals surface area contributed by atoms with Gasteiger partial charge in [-0.15, -0.1) is 0 Å². The molecule has 1 aromatic rings. The Hall–Kier alpha value is -1.55. The molecule has 0 aromatic heterocycles. The van der Waals surface area contributed by atoms with Gasteiger partial charge in [0.25, 0.3) is 0 Å². The molecule has 19 heavy (non-hydrogen) atoms. The van der Waals surface area contributed by atoms with E-state index in [9.17, 15) is 4.79 Å². The highest BCUT2D eigenvalue weighted by Gasteiger charge is 2.10. The predicted octanol–water partition coefficient (Wildman–Crippen LogP) is 2.26. The first kappa shape index (κ1) is 15.5. The first-order valence-corrected chi connectivity index (χ1v) is 6.73. The molecular formula is C15H24N2O2. The first-order valence-electron chi connectivity index (χ1n) is 6.73. The molecule has 4 nitrogen and oxygen atoms in total. The summed E-state index contributed by atoms with van der Waals surface area (Å²) in [4.78, 5) is 11.8. The van der Waals surface area contributed by atoms with Gasteiger partial charge in [0, 0.05) is 6.04 Å². The fourth-order valence-corrected chi connectivity index (χ4v) is 1.68. The first-order chi connectivity index (χ1) is 9.06. The fourth-order valence-electron chi connectivity index (χ4n) is 1.68. The molecule has 2 atom stereocenters. The molecule has 0 saturated heterocycles. The van der Waals surface area contributed by atoms with E-state index < -0.39 is 0 Å². The Labute approximate surface area is 115 Å². The van der Waals surface area contributed by atoms with E-state index in [0.717, 1.165) is 17.7 Å². The van der Waals surface area contributed by atoms with Crippen molar-refractivity contribution in [2.45, 2.75) is 39.3 Å². The van der Waals surface area contributed by atoms with Crippen molar-refractivity contribution in [2.75, 3.05) is 13.7 Å². The number of benzene rings is 1. The van der Waals surface area contributed by atoms with Gasteiger partial charge in [-0.1, -0.05) is 19.1 Å². The Balaban J connectivity index is 2.44. The van der Waals surface area contributed by atoms with Crippen molar-refractivity contribution in [1.29, 1.82) is 0 Å². The molecule has 2 N–H and O–H groups in total. The van der Waals surface area contributed by atoms with E-state index in [1.807, 2.05) is 31.2 Å². The van der Waals surface area contributed by atoms with Gasteiger partial charge in [0.05, 0.1) is 19.7 Å². The van der Waals surface area contributed by atoms with Gasteiger partial charge >= 0.3 is 0 Å². The second-order valence-electron chi connectivity index (χ2n) is 4.75. The Morgan fingerprint density at radius 1 is 1.26 bits per heavy atom. The molecule has 1 unspecified atom stereocenters. The van der Waals surface area contributed by atoms with Crippen LogP contribution in [0.4, 0.5) is 0 Å². The zero-order chi connectivity index (χ0) is 14.3. The minimum absolute atomic E-state index is 0.00265. The van der Waals surface area contributed by atoms with Crippen LogP contribution in [0.25, 0.3) is 0 Å². The number of amides is 1. The molecule has 4 heteroatoms. The maximum absolute atomic E-state index is 11.8. The molecule has 0 aliphatic heterocycles. The van der Waals surface area contributed by atoms with Gasteiger partial charge in [0.15, 0.2) is 0 Å². The summed E-state index contributed by atoms with van der Waals surface area (Å²) in [5.41, 5.74) is 1.07. The second-order valence-corrected chi connectivity index (χ2v) is 4.75. The lowest BCUT2D eigenvalue weighted by atomic mass is 10.1. The topological polar surface area (TPSA) is 50.4 Å². The predicted molar refractivity (Wildman–Crippen MR) is 77.3 cm³/mol. The van der Waals surface area contributed by atoms with Crippen molar-refractivity contribution >= 4 is 5.91 Å². The maximum Gasteiger partial charge on any atom is 0.234 e. The van der Waals surface area contributed by atoms with Crippen molar-refractivity contribution in [3.8, 4) is 5.75 Å². The number of ether oxygens (including phenoxy) is 1. The maximum atomic E-state index is 11.8. The summed E-state index contributed by atoms with van der Waals surface area (Å²) in [6, 6.07) is 8.09. The number of rotatable bonds is 7. The molecule has 0 radical (unpaired) electrons. The van der Waals surface area contributed by atoms with E-state index in [-0.39, 0.29) is 11.9 Å². The summed E-state index contributed by atoms with van der Waals surface area (Å²) in [6.07, 6.45) is 1.02. The number of hydrogen-bond donors (Lipinski definition) is 2. The summed E-state index contributed by atoms with van der Waals surface area (Å²) >= 11 is 0. The molecule has 106 valence electrons. The minimum Gasteiger partial charge on any atom is -0.497 e. The molecule has 1 amide bonds. The number of carbonyl (C=O) groups excluding carboxylic acids is 1. The molecule has 0 saturated carbocycles. The molecule has 0 aliphatic carbocycles. The monoisotopic (exact) mass is 264 g/mol. The van der Waals surface area contributed by atoms with Crippen molar-refractivity contribution in [3.63, 3.8) is 0 Å². The Kier molecular flexibility index (Phi) is 6.36. The van der Waals surface area contributed by atoms with E-state index in [2.05, 4.69) is 24.5 Å². The van der Waals surface area contributed by atoms with Gasteiger partial charge in [0.1, 0.15) is 5.75 Å². The average molecular weight is 264 g/mol. The molecule has 1 aromatic carbocycles. The van der Waals surface area contributed by atoms with E-state index in [1.54, 1.807) is 7.11 Å². The Morgan fingerprint density at radius 2 is 1.89 bits per heavy atom. The van der Waals surface area contributed by atoms with Crippen LogP contribution in [0.2, 0.25) is 0 Å². The van der Waals surface area contributed by atoms with Crippen molar-refractivity contribution in [3.05, 3.63) is 29.8 Å². The molecule has 1 rings (SSSR count). The molecular weight excluding hydrogens is 240 g/mol. The van der Waals surface area contributed by atoms with Gasteiger partial charge in [-0.2, -0.15) is 0 Å². The zero-order valence-electron chi connectivity index (χ0n) is 12.2. The van der Waals surface area contributed by atoms with Crippen LogP contribution in [0.1, 0.15) is 38.8 Å². The summed E-state index contributed by atoms with van der Waals surface area (Å²) in [5.74, 6) is 0.837. The summed E-state index contributed by atoms with van der Waals surface area (Å²) < 4.78 is 5.11. The Morgan fingerprint density at radius 3 is 2.42 bits per heavy atom. The summed E-state index contributed by atoms with van der Waals surface area (Å²) in [6.45, 7) is 6.49. The van der Waals surface area contributed by atoms with Crippen LogP contribution in [0.3, 0.4) is 0 Å². The quantitative estimate of drug-likeness (QED) is 0.794. The van der Waals surface area contributed by atoms with Crippen molar-refractivity contribution in [2.24, 2.45) is 0 Å². The van der Waals surface area contributed by atoms with Crippen molar-refractivity contribution in [1.82, 2.24) is 10.6 Å². The standard InChI is InChI=1S/C15H24N2O2/c1-5-11(2)16-10-15(18)17-12(3)13-6-8-14(19-4)9-7-13/h6-9,11-12,16H,5,10H2,1-4H3,(H,17,18)/t11?,12-/m0/s1. The number of hydrogen-bond acceptors (Lipinski definition) is 3. The minimum atomic E-state index is -0.00265. The van der Waals surface area contributed by atoms with Crippen LogP contribution in [0.15, 0.2) is 24.3 Å². The molecule has 0 heterocycles. The van der Waals surface area contributed by atoms with Crippen LogP contribution in [0, 0.1) is 0 Å². The van der Waals surface area contributed by atoms with Crippen molar-refractivity contribution < 1.29 is 9.53 Å². The van der Waals surface area contributed by atoms with Crippen LogP contribution < -0.4 is 15.4 Å².